The van der Waals surface area contributed by atoms with Crippen molar-refractivity contribution in [2.75, 3.05) is 14.1 Å². The topological polar surface area (TPSA) is 66.5 Å². The van der Waals surface area contributed by atoms with Crippen LogP contribution in [0.2, 0.25) is 0 Å². The standard InChI is InChI=1S/C18H22N2O3S/c1-13-7-5-6-8-15(13)12-20(4)18(21)17-11-16(10-9-14(17)2)24(22,23)19-3/h5-11,19H,12H2,1-4H3. The van der Waals surface area contributed by atoms with Gasteiger partial charge in [-0.3, -0.25) is 4.79 Å². The summed E-state index contributed by atoms with van der Waals surface area (Å²) >= 11 is 0. The molecule has 2 rings (SSSR count). The van der Waals surface area contributed by atoms with Gasteiger partial charge in [0.1, 0.15) is 0 Å². The number of sulfonamides is 1. The van der Waals surface area contributed by atoms with Gasteiger partial charge in [-0.05, 0) is 49.7 Å². The van der Waals surface area contributed by atoms with Crippen LogP contribution in [0.5, 0.6) is 0 Å². The molecule has 0 fully saturated rings. The quantitative estimate of drug-likeness (QED) is 0.904. The average Bonchev–Trinajstić information content (AvgIpc) is 2.56. The number of carbonyl (C=O) groups is 1. The molecule has 0 aliphatic carbocycles. The van der Waals surface area contributed by atoms with Crippen LogP contribution in [0.3, 0.4) is 0 Å². The third kappa shape index (κ3) is 3.83. The van der Waals surface area contributed by atoms with E-state index in [1.807, 2.05) is 31.2 Å². The Morgan fingerprint density at radius 2 is 1.75 bits per heavy atom. The number of hydrogen-bond acceptors (Lipinski definition) is 3. The fraction of sp³-hybridized carbons (Fsp3) is 0.278. The zero-order valence-corrected chi connectivity index (χ0v) is 15.1. The van der Waals surface area contributed by atoms with Crippen LogP contribution in [0.15, 0.2) is 47.4 Å². The van der Waals surface area contributed by atoms with Gasteiger partial charge in [0.2, 0.25) is 10.0 Å². The molecule has 0 bridgehead atoms. The van der Waals surface area contributed by atoms with Crippen LogP contribution >= 0.6 is 0 Å². The molecule has 6 heteroatoms. The summed E-state index contributed by atoms with van der Waals surface area (Å²) < 4.78 is 26.2. The van der Waals surface area contributed by atoms with E-state index in [4.69, 9.17) is 0 Å². The van der Waals surface area contributed by atoms with Gasteiger partial charge in [0.05, 0.1) is 4.90 Å². The molecule has 0 aliphatic heterocycles. The summed E-state index contributed by atoms with van der Waals surface area (Å²) in [5, 5.41) is 0. The van der Waals surface area contributed by atoms with Gasteiger partial charge in [0, 0.05) is 19.2 Å². The monoisotopic (exact) mass is 346 g/mol. The lowest BCUT2D eigenvalue weighted by molar-refractivity contribution is 0.0784. The summed E-state index contributed by atoms with van der Waals surface area (Å²) in [6.07, 6.45) is 0. The summed E-state index contributed by atoms with van der Waals surface area (Å²) in [4.78, 5) is 14.4. The van der Waals surface area contributed by atoms with Crippen molar-refractivity contribution in [1.29, 1.82) is 0 Å². The normalized spacial score (nSPS) is 11.3. The lowest BCUT2D eigenvalue weighted by Gasteiger charge is -2.20. The second kappa shape index (κ2) is 7.15. The molecule has 0 atom stereocenters. The molecule has 0 radical (unpaired) electrons. The Morgan fingerprint density at radius 3 is 2.38 bits per heavy atom. The summed E-state index contributed by atoms with van der Waals surface area (Å²) in [7, 11) is -0.519. The van der Waals surface area contributed by atoms with Gasteiger partial charge in [0.25, 0.3) is 5.91 Å². The van der Waals surface area contributed by atoms with Crippen LogP contribution in [0.4, 0.5) is 0 Å². The summed E-state index contributed by atoms with van der Waals surface area (Å²) in [6, 6.07) is 12.5. The minimum atomic E-state index is -3.58. The Bertz CT molecular complexity index is 860. The van der Waals surface area contributed by atoms with Crippen molar-refractivity contribution in [2.45, 2.75) is 25.3 Å². The summed E-state index contributed by atoms with van der Waals surface area (Å²) in [6.45, 7) is 4.26. The van der Waals surface area contributed by atoms with Crippen LogP contribution in [-0.4, -0.2) is 33.3 Å². The third-order valence-electron chi connectivity index (χ3n) is 4.03. The molecule has 2 aromatic carbocycles. The van der Waals surface area contributed by atoms with E-state index in [2.05, 4.69) is 4.72 Å². The Balaban J connectivity index is 2.32. The van der Waals surface area contributed by atoms with Crippen molar-refractivity contribution in [3.05, 3.63) is 64.7 Å². The zero-order valence-electron chi connectivity index (χ0n) is 14.3. The van der Waals surface area contributed by atoms with Crippen molar-refractivity contribution in [3.63, 3.8) is 0 Å². The van der Waals surface area contributed by atoms with Gasteiger partial charge < -0.3 is 4.90 Å². The molecule has 1 N–H and O–H groups in total. The van der Waals surface area contributed by atoms with Crippen LogP contribution in [0.1, 0.15) is 27.0 Å². The second-order valence-corrected chi connectivity index (χ2v) is 7.66. The highest BCUT2D eigenvalue weighted by molar-refractivity contribution is 7.89. The maximum Gasteiger partial charge on any atom is 0.254 e. The average molecular weight is 346 g/mol. The van der Waals surface area contributed by atoms with Gasteiger partial charge in [-0.25, -0.2) is 13.1 Å². The molecule has 0 unspecified atom stereocenters. The number of benzene rings is 2. The van der Waals surface area contributed by atoms with Crippen molar-refractivity contribution < 1.29 is 13.2 Å². The van der Waals surface area contributed by atoms with Gasteiger partial charge >= 0.3 is 0 Å². The summed E-state index contributed by atoms with van der Waals surface area (Å²) in [5.74, 6) is -0.205. The molecule has 0 spiro atoms. The minimum absolute atomic E-state index is 0.0863. The molecule has 0 aromatic heterocycles. The Hall–Kier alpha value is -2.18. The van der Waals surface area contributed by atoms with E-state index in [1.54, 1.807) is 24.9 Å². The molecule has 0 aliphatic rings. The highest BCUT2D eigenvalue weighted by Gasteiger charge is 2.19. The molecule has 2 aromatic rings. The number of rotatable bonds is 5. The maximum absolute atomic E-state index is 12.8. The molecule has 24 heavy (non-hydrogen) atoms. The number of nitrogens with zero attached hydrogens (tertiary/aromatic N) is 1. The van der Waals surface area contributed by atoms with Gasteiger partial charge in [-0.1, -0.05) is 30.3 Å². The fourth-order valence-corrected chi connectivity index (χ4v) is 3.19. The van der Waals surface area contributed by atoms with E-state index in [1.165, 1.54) is 19.2 Å². The maximum atomic E-state index is 12.8. The molecule has 0 saturated carbocycles. The Morgan fingerprint density at radius 1 is 1.08 bits per heavy atom. The van der Waals surface area contributed by atoms with E-state index < -0.39 is 10.0 Å². The molecular weight excluding hydrogens is 324 g/mol. The first-order valence-corrected chi connectivity index (χ1v) is 9.08. The molecule has 1 amide bonds. The Kier molecular flexibility index (Phi) is 5.41. The molecule has 128 valence electrons. The van der Waals surface area contributed by atoms with E-state index in [0.717, 1.165) is 16.7 Å². The minimum Gasteiger partial charge on any atom is -0.337 e. The fourth-order valence-electron chi connectivity index (χ4n) is 2.44. The summed E-state index contributed by atoms with van der Waals surface area (Å²) in [5.41, 5.74) is 3.31. The SMILES string of the molecule is CNS(=O)(=O)c1ccc(C)c(C(=O)N(C)Cc2ccccc2C)c1. The van der Waals surface area contributed by atoms with Crippen LogP contribution in [0, 0.1) is 13.8 Å². The smallest absolute Gasteiger partial charge is 0.254 e. The lowest BCUT2D eigenvalue weighted by atomic mass is 10.1. The highest BCUT2D eigenvalue weighted by Crippen LogP contribution is 2.18. The predicted molar refractivity (Wildman–Crippen MR) is 94.4 cm³/mol. The zero-order chi connectivity index (χ0) is 17.9. The van der Waals surface area contributed by atoms with Gasteiger partial charge in [-0.2, -0.15) is 0 Å². The van der Waals surface area contributed by atoms with E-state index in [-0.39, 0.29) is 10.8 Å². The Labute approximate surface area is 143 Å². The molecule has 0 heterocycles. The predicted octanol–water partition coefficient (Wildman–Crippen LogP) is 2.48. The first kappa shape index (κ1) is 18.2. The largest absolute Gasteiger partial charge is 0.337 e. The van der Waals surface area contributed by atoms with E-state index in [0.29, 0.717) is 12.1 Å². The molecule has 0 saturated heterocycles. The van der Waals surface area contributed by atoms with Crippen molar-refractivity contribution in [3.8, 4) is 0 Å². The van der Waals surface area contributed by atoms with E-state index >= 15 is 0 Å². The van der Waals surface area contributed by atoms with Crippen molar-refractivity contribution >= 4 is 15.9 Å². The first-order chi connectivity index (χ1) is 11.3. The van der Waals surface area contributed by atoms with E-state index in [9.17, 15) is 13.2 Å². The van der Waals surface area contributed by atoms with Crippen molar-refractivity contribution in [1.82, 2.24) is 9.62 Å². The second-order valence-electron chi connectivity index (χ2n) is 5.77. The van der Waals surface area contributed by atoms with Crippen molar-refractivity contribution in [2.24, 2.45) is 0 Å². The first-order valence-electron chi connectivity index (χ1n) is 7.60. The number of carbonyl (C=O) groups excluding carboxylic acids is 1. The number of aryl methyl sites for hydroxylation is 2. The number of nitrogens with one attached hydrogen (secondary N) is 1. The molecular formula is C18H22N2O3S. The van der Waals surface area contributed by atoms with Gasteiger partial charge in [-0.15, -0.1) is 0 Å². The van der Waals surface area contributed by atoms with Crippen LogP contribution in [0.25, 0.3) is 0 Å². The van der Waals surface area contributed by atoms with Gasteiger partial charge in [0.15, 0.2) is 0 Å². The lowest BCUT2D eigenvalue weighted by Crippen LogP contribution is -2.28. The van der Waals surface area contributed by atoms with Crippen LogP contribution in [-0.2, 0) is 16.6 Å². The van der Waals surface area contributed by atoms with Crippen LogP contribution < -0.4 is 4.72 Å². The highest BCUT2D eigenvalue weighted by atomic mass is 32.2. The number of amides is 1. The molecule has 5 nitrogen and oxygen atoms in total. The third-order valence-corrected chi connectivity index (χ3v) is 5.45. The number of hydrogen-bond donors (Lipinski definition) is 1.